The zero-order chi connectivity index (χ0) is 30.1. The topological polar surface area (TPSA) is 137 Å². The molecule has 12 nitrogen and oxygen atoms in total. The maximum atomic E-state index is 14.1. The van der Waals surface area contributed by atoms with Crippen LogP contribution < -0.4 is 10.5 Å². The van der Waals surface area contributed by atoms with E-state index in [2.05, 4.69) is 0 Å². The number of benzene rings is 2. The van der Waals surface area contributed by atoms with Crippen LogP contribution in [0, 0.1) is 5.92 Å². The van der Waals surface area contributed by atoms with Gasteiger partial charge in [0, 0.05) is 25.8 Å². The fourth-order valence-corrected chi connectivity index (χ4v) is 6.39. The van der Waals surface area contributed by atoms with E-state index in [1.807, 2.05) is 13.8 Å². The number of hydrogen-bond acceptors (Lipinski definition) is 10. The van der Waals surface area contributed by atoms with Crippen LogP contribution in [0.4, 0.5) is 5.69 Å². The van der Waals surface area contributed by atoms with Gasteiger partial charge in [-0.05, 0) is 31.0 Å². The first kappa shape index (κ1) is 27.6. The minimum absolute atomic E-state index is 0.0837. The molecular weight excluding hydrogens is 544 g/mol. The van der Waals surface area contributed by atoms with E-state index in [1.54, 1.807) is 55.5 Å². The molecule has 3 aliphatic heterocycles. The number of amides is 1. The van der Waals surface area contributed by atoms with Crippen LogP contribution in [0.2, 0.25) is 0 Å². The first-order chi connectivity index (χ1) is 20.0. The Morgan fingerprint density at radius 3 is 2.40 bits per heavy atom. The number of carbonyl (C=O) groups is 4. The lowest BCUT2D eigenvalue weighted by atomic mass is 9.88. The van der Waals surface area contributed by atoms with Crippen molar-refractivity contribution in [3.05, 3.63) is 70.3 Å². The highest BCUT2D eigenvalue weighted by Crippen LogP contribution is 2.57. The molecule has 0 unspecified atom stereocenters. The molecule has 4 heterocycles. The van der Waals surface area contributed by atoms with Crippen LogP contribution >= 0.6 is 0 Å². The van der Waals surface area contributed by atoms with Crippen LogP contribution in [0.5, 0.6) is 0 Å². The predicted molar refractivity (Wildman–Crippen MR) is 148 cm³/mol. The zero-order valence-electron chi connectivity index (χ0n) is 23.8. The van der Waals surface area contributed by atoms with E-state index in [1.165, 1.54) is 28.4 Å². The number of carbonyl (C=O) groups excluding carboxylic acids is 4. The van der Waals surface area contributed by atoms with E-state index in [-0.39, 0.29) is 29.5 Å². The lowest BCUT2D eigenvalue weighted by Crippen LogP contribution is -2.51. The van der Waals surface area contributed by atoms with Crippen LogP contribution in [-0.2, 0) is 39.1 Å². The maximum absolute atomic E-state index is 14.1. The summed E-state index contributed by atoms with van der Waals surface area (Å²) in [5.74, 6) is -2.45. The number of ether oxygens (including phenoxy) is 2. The number of hydrogen-bond donors (Lipinski definition) is 0. The molecule has 2 fully saturated rings. The largest absolute Gasteiger partial charge is 0.454 e. The summed E-state index contributed by atoms with van der Waals surface area (Å²) in [6, 6.07) is 11.7. The average Bonchev–Trinajstić information content (AvgIpc) is 3.51. The minimum Gasteiger partial charge on any atom is -0.454 e. The lowest BCUT2D eigenvalue weighted by molar-refractivity contribution is -0.221. The molecule has 1 aromatic heterocycles. The summed E-state index contributed by atoms with van der Waals surface area (Å²) in [4.78, 5) is 77.5. The molecule has 3 aromatic rings. The molecule has 218 valence electrons. The van der Waals surface area contributed by atoms with Gasteiger partial charge in [0.15, 0.2) is 23.7 Å². The number of esters is 2. The van der Waals surface area contributed by atoms with Crippen molar-refractivity contribution in [1.82, 2.24) is 14.6 Å². The molecular formula is C30H30N4O8. The standard InChI is InChI=1S/C30H30N4O8/c1-15(2)24(40-17(4)35)25-31-21-12-8-6-10-19(21)27(38)32(25)23-14-30(41-28(23)39)20-11-7-9-13-22(20)33-26(37)16(3)34(29(30)33)42-18(5)36/h6-13,15-16,23-24,29H,14H2,1-5H3/t16-,23-,24-,29-,30+/m1/s1. The Balaban J connectivity index is 1.56. The lowest BCUT2D eigenvalue weighted by Gasteiger charge is -2.35. The van der Waals surface area contributed by atoms with Gasteiger partial charge in [-0.2, -0.15) is 0 Å². The number of fused-ring (bicyclic) bond motifs is 6. The first-order valence-corrected chi connectivity index (χ1v) is 13.8. The number of nitrogens with zero attached hydrogens (tertiary/aromatic N) is 4. The van der Waals surface area contributed by atoms with Crippen molar-refractivity contribution in [3.8, 4) is 0 Å². The number of anilines is 1. The Labute approximate surface area is 240 Å². The highest BCUT2D eigenvalue weighted by Gasteiger charge is 2.68. The molecule has 42 heavy (non-hydrogen) atoms. The van der Waals surface area contributed by atoms with E-state index in [9.17, 15) is 24.0 Å². The van der Waals surface area contributed by atoms with Crippen molar-refractivity contribution in [3.63, 3.8) is 0 Å². The fraction of sp³-hybridized carbons (Fsp3) is 0.400. The molecule has 0 radical (unpaired) electrons. The van der Waals surface area contributed by atoms with Crippen molar-refractivity contribution in [2.75, 3.05) is 4.90 Å². The third-order valence-corrected chi connectivity index (χ3v) is 8.08. The molecule has 0 N–H and O–H groups in total. The summed E-state index contributed by atoms with van der Waals surface area (Å²) in [6.07, 6.45) is -2.03. The van der Waals surface area contributed by atoms with Gasteiger partial charge >= 0.3 is 17.9 Å². The third kappa shape index (κ3) is 3.92. The average molecular weight is 575 g/mol. The van der Waals surface area contributed by atoms with E-state index < -0.39 is 53.4 Å². The van der Waals surface area contributed by atoms with Crippen molar-refractivity contribution >= 4 is 40.4 Å². The normalized spacial score (nSPS) is 25.6. The van der Waals surface area contributed by atoms with Gasteiger partial charge in [0.2, 0.25) is 5.91 Å². The van der Waals surface area contributed by atoms with Gasteiger partial charge in [0.1, 0.15) is 12.1 Å². The third-order valence-electron chi connectivity index (χ3n) is 8.08. The smallest absolute Gasteiger partial charge is 0.330 e. The molecule has 1 amide bonds. The second kappa shape index (κ2) is 9.76. The molecule has 2 saturated heterocycles. The summed E-state index contributed by atoms with van der Waals surface area (Å²) in [7, 11) is 0. The van der Waals surface area contributed by atoms with Crippen molar-refractivity contribution in [2.24, 2.45) is 5.92 Å². The molecule has 0 aliphatic carbocycles. The van der Waals surface area contributed by atoms with Crippen LogP contribution in [0.3, 0.4) is 0 Å². The Morgan fingerprint density at radius 2 is 1.71 bits per heavy atom. The van der Waals surface area contributed by atoms with Gasteiger partial charge in [-0.25, -0.2) is 9.78 Å². The van der Waals surface area contributed by atoms with Crippen LogP contribution in [0.15, 0.2) is 53.3 Å². The van der Waals surface area contributed by atoms with E-state index >= 15 is 0 Å². The van der Waals surface area contributed by atoms with Crippen molar-refractivity contribution in [2.45, 2.75) is 71.0 Å². The highest BCUT2D eigenvalue weighted by molar-refractivity contribution is 6.03. The zero-order valence-corrected chi connectivity index (χ0v) is 23.8. The number of hydroxylamine groups is 2. The molecule has 3 aliphatic rings. The SMILES string of the molecule is CC(=O)O[C@@H](c1nc2ccccc2c(=O)n1[C@@H]1C[C@]2(OC1=O)c1ccccc1N1C(=O)[C@@H](C)N(OC(C)=O)[C@@H]12)C(C)C. The molecule has 1 spiro atoms. The number of aromatic nitrogens is 2. The predicted octanol–water partition coefficient (Wildman–Crippen LogP) is 2.90. The molecule has 0 bridgehead atoms. The summed E-state index contributed by atoms with van der Waals surface area (Å²) in [5.41, 5.74) is -0.520. The maximum Gasteiger partial charge on any atom is 0.330 e. The second-order valence-electron chi connectivity index (χ2n) is 11.2. The monoisotopic (exact) mass is 574 g/mol. The van der Waals surface area contributed by atoms with E-state index in [0.717, 1.165) is 0 Å². The molecule has 2 aromatic carbocycles. The Morgan fingerprint density at radius 1 is 1.02 bits per heavy atom. The number of para-hydroxylation sites is 2. The van der Waals surface area contributed by atoms with Crippen molar-refractivity contribution < 1.29 is 33.5 Å². The number of rotatable bonds is 5. The van der Waals surface area contributed by atoms with Crippen LogP contribution in [0.25, 0.3) is 10.9 Å². The van der Waals surface area contributed by atoms with Crippen LogP contribution in [0.1, 0.15) is 64.6 Å². The first-order valence-electron chi connectivity index (χ1n) is 13.8. The van der Waals surface area contributed by atoms with Crippen molar-refractivity contribution in [1.29, 1.82) is 0 Å². The van der Waals surface area contributed by atoms with Gasteiger partial charge < -0.3 is 14.3 Å². The van der Waals surface area contributed by atoms with Crippen LogP contribution in [-0.4, -0.2) is 50.6 Å². The van der Waals surface area contributed by atoms with Gasteiger partial charge in [0.25, 0.3) is 5.56 Å². The highest BCUT2D eigenvalue weighted by atomic mass is 16.7. The van der Waals surface area contributed by atoms with Gasteiger partial charge in [-0.1, -0.05) is 44.2 Å². The molecule has 5 atom stereocenters. The summed E-state index contributed by atoms with van der Waals surface area (Å²) in [5, 5.41) is 1.54. The molecule has 0 saturated carbocycles. The second-order valence-corrected chi connectivity index (χ2v) is 11.2. The Bertz CT molecular complexity index is 1720. The molecule has 6 rings (SSSR count). The minimum atomic E-state index is -1.48. The Kier molecular flexibility index (Phi) is 6.41. The van der Waals surface area contributed by atoms with Gasteiger partial charge in [-0.15, -0.1) is 5.06 Å². The van der Waals surface area contributed by atoms with Gasteiger partial charge in [-0.3, -0.25) is 28.6 Å². The fourth-order valence-electron chi connectivity index (χ4n) is 6.39. The van der Waals surface area contributed by atoms with E-state index in [4.69, 9.17) is 19.3 Å². The Hall–Kier alpha value is -4.58. The summed E-state index contributed by atoms with van der Waals surface area (Å²) >= 11 is 0. The summed E-state index contributed by atoms with van der Waals surface area (Å²) in [6.45, 7) is 7.74. The quantitative estimate of drug-likeness (QED) is 0.418. The van der Waals surface area contributed by atoms with Gasteiger partial charge in [0.05, 0.1) is 16.6 Å². The molecule has 12 heteroatoms. The van der Waals surface area contributed by atoms with E-state index in [0.29, 0.717) is 16.8 Å². The summed E-state index contributed by atoms with van der Waals surface area (Å²) < 4.78 is 13.1.